The molecule has 8 nitrogen and oxygen atoms in total. The number of thiocarbonyl (C=S) groups is 1. The van der Waals surface area contributed by atoms with Crippen LogP contribution >= 0.6 is 12.2 Å². The maximum atomic E-state index is 13.0. The lowest BCUT2D eigenvalue weighted by molar-refractivity contribution is -0.384. The first-order valence-corrected chi connectivity index (χ1v) is 10.8. The van der Waals surface area contributed by atoms with Crippen LogP contribution in [0.2, 0.25) is 0 Å². The van der Waals surface area contributed by atoms with Crippen LogP contribution in [0.3, 0.4) is 0 Å². The Kier molecular flexibility index (Phi) is 8.04. The second-order valence-corrected chi connectivity index (χ2v) is 7.79. The topological polar surface area (TPSA) is 105 Å². The molecule has 166 valence electrons. The first-order valence-electron chi connectivity index (χ1n) is 10.4. The van der Waals surface area contributed by atoms with Gasteiger partial charge in [-0.3, -0.25) is 25.0 Å². The quantitative estimate of drug-likeness (QED) is 0.306. The summed E-state index contributed by atoms with van der Waals surface area (Å²) in [5, 5.41) is 16.4. The fraction of sp³-hybridized carbons (Fsp3) is 0.261. The van der Waals surface area contributed by atoms with Crippen molar-refractivity contribution in [2.24, 2.45) is 0 Å². The Hall–Kier alpha value is -3.59. The third-order valence-electron chi connectivity index (χ3n) is 5.04. The standard InChI is InChI=1S/C23H24N4O4S/c28-21(13-12-17-8-7-9-18(16-17)27(30)31)25-23(32)24-20-11-4-3-10-19(20)22(29)26-14-5-1-2-6-15-26/h3-4,7-13,16H,1-2,5-6,14-15H2,(H2,24,25,28,32)/b13-12+. The van der Waals surface area contributed by atoms with Crippen molar-refractivity contribution in [3.05, 3.63) is 75.8 Å². The number of hydrogen-bond acceptors (Lipinski definition) is 5. The Morgan fingerprint density at radius 3 is 2.47 bits per heavy atom. The van der Waals surface area contributed by atoms with Gasteiger partial charge in [0.05, 0.1) is 16.2 Å². The van der Waals surface area contributed by atoms with Crippen LogP contribution in [0.1, 0.15) is 41.6 Å². The highest BCUT2D eigenvalue weighted by molar-refractivity contribution is 7.80. The lowest BCUT2D eigenvalue weighted by Crippen LogP contribution is -2.35. The molecule has 1 heterocycles. The molecule has 2 N–H and O–H groups in total. The number of nitro benzene ring substituents is 1. The van der Waals surface area contributed by atoms with Crippen molar-refractivity contribution in [1.82, 2.24) is 10.2 Å². The molecule has 0 radical (unpaired) electrons. The SMILES string of the molecule is O=C(/C=C/c1cccc([N+](=O)[O-])c1)NC(=S)Nc1ccccc1C(=O)N1CCCCCC1. The zero-order valence-electron chi connectivity index (χ0n) is 17.5. The first kappa shape index (κ1) is 23.1. The van der Waals surface area contributed by atoms with Gasteiger partial charge in [0.25, 0.3) is 11.6 Å². The minimum absolute atomic E-state index is 0.0507. The number of rotatable bonds is 5. The number of carbonyl (C=O) groups excluding carboxylic acids is 2. The molecule has 0 atom stereocenters. The third-order valence-corrected chi connectivity index (χ3v) is 5.25. The fourth-order valence-electron chi connectivity index (χ4n) is 3.44. The number of nitrogens with zero attached hydrogens (tertiary/aromatic N) is 2. The minimum atomic E-state index is -0.499. The average molecular weight is 453 g/mol. The summed E-state index contributed by atoms with van der Waals surface area (Å²) in [6.45, 7) is 1.47. The summed E-state index contributed by atoms with van der Waals surface area (Å²) in [4.78, 5) is 37.4. The number of nitrogens with one attached hydrogen (secondary N) is 2. The normalized spacial score (nSPS) is 13.9. The van der Waals surface area contributed by atoms with E-state index in [1.54, 1.807) is 36.4 Å². The number of nitro groups is 1. The van der Waals surface area contributed by atoms with Crippen molar-refractivity contribution < 1.29 is 14.5 Å². The number of para-hydroxylation sites is 1. The van der Waals surface area contributed by atoms with E-state index in [1.165, 1.54) is 24.3 Å². The van der Waals surface area contributed by atoms with Gasteiger partial charge in [0, 0.05) is 31.3 Å². The van der Waals surface area contributed by atoms with E-state index in [1.807, 2.05) is 4.90 Å². The van der Waals surface area contributed by atoms with Gasteiger partial charge in [-0.25, -0.2) is 0 Å². The molecule has 0 bridgehead atoms. The van der Waals surface area contributed by atoms with E-state index in [-0.39, 0.29) is 16.7 Å². The van der Waals surface area contributed by atoms with Crippen molar-refractivity contribution in [3.63, 3.8) is 0 Å². The van der Waals surface area contributed by atoms with E-state index in [0.29, 0.717) is 16.8 Å². The smallest absolute Gasteiger partial charge is 0.270 e. The van der Waals surface area contributed by atoms with Gasteiger partial charge in [-0.2, -0.15) is 0 Å². The Labute approximate surface area is 191 Å². The molecule has 2 aromatic carbocycles. The summed E-state index contributed by atoms with van der Waals surface area (Å²) in [7, 11) is 0. The average Bonchev–Trinajstić information content (AvgIpc) is 3.07. The van der Waals surface area contributed by atoms with Gasteiger partial charge in [0.1, 0.15) is 0 Å². The summed E-state index contributed by atoms with van der Waals surface area (Å²) in [6, 6.07) is 13.0. The third kappa shape index (κ3) is 6.45. The van der Waals surface area contributed by atoms with Crippen LogP contribution in [0, 0.1) is 10.1 Å². The number of carbonyl (C=O) groups is 2. The van der Waals surface area contributed by atoms with Crippen LogP contribution in [0.25, 0.3) is 6.08 Å². The van der Waals surface area contributed by atoms with Gasteiger partial charge in [0.15, 0.2) is 5.11 Å². The zero-order chi connectivity index (χ0) is 22.9. The number of amides is 2. The fourth-order valence-corrected chi connectivity index (χ4v) is 3.65. The van der Waals surface area contributed by atoms with E-state index in [4.69, 9.17) is 12.2 Å². The van der Waals surface area contributed by atoms with Gasteiger partial charge in [-0.15, -0.1) is 0 Å². The van der Waals surface area contributed by atoms with Gasteiger partial charge in [-0.1, -0.05) is 37.1 Å². The summed E-state index contributed by atoms with van der Waals surface area (Å²) in [6.07, 6.45) is 6.94. The Morgan fingerprint density at radius 2 is 1.75 bits per heavy atom. The number of hydrogen-bond donors (Lipinski definition) is 2. The molecule has 1 aliphatic rings. The maximum Gasteiger partial charge on any atom is 0.270 e. The van der Waals surface area contributed by atoms with Gasteiger partial charge in [-0.05, 0) is 48.8 Å². The molecule has 9 heteroatoms. The minimum Gasteiger partial charge on any atom is -0.339 e. The zero-order valence-corrected chi connectivity index (χ0v) is 18.3. The van der Waals surface area contributed by atoms with E-state index in [9.17, 15) is 19.7 Å². The highest BCUT2D eigenvalue weighted by Crippen LogP contribution is 2.20. The Bertz CT molecular complexity index is 1050. The van der Waals surface area contributed by atoms with Crippen molar-refractivity contribution in [2.45, 2.75) is 25.7 Å². The number of anilines is 1. The Balaban J connectivity index is 1.62. The van der Waals surface area contributed by atoms with Crippen LogP contribution in [0.5, 0.6) is 0 Å². The molecular weight excluding hydrogens is 428 g/mol. The highest BCUT2D eigenvalue weighted by Gasteiger charge is 2.20. The molecule has 0 saturated carbocycles. The molecule has 2 amide bonds. The maximum absolute atomic E-state index is 13.0. The monoisotopic (exact) mass is 452 g/mol. The molecule has 0 aliphatic carbocycles. The van der Waals surface area contributed by atoms with E-state index in [2.05, 4.69) is 10.6 Å². The van der Waals surface area contributed by atoms with E-state index < -0.39 is 10.8 Å². The van der Waals surface area contributed by atoms with Crippen LogP contribution in [-0.2, 0) is 4.79 Å². The van der Waals surface area contributed by atoms with Crippen molar-refractivity contribution in [3.8, 4) is 0 Å². The molecule has 2 aromatic rings. The molecule has 0 aromatic heterocycles. The Morgan fingerprint density at radius 1 is 1.03 bits per heavy atom. The largest absolute Gasteiger partial charge is 0.339 e. The van der Waals surface area contributed by atoms with Crippen LogP contribution in [0.4, 0.5) is 11.4 Å². The second kappa shape index (κ2) is 11.1. The molecule has 1 fully saturated rings. The summed E-state index contributed by atoms with van der Waals surface area (Å²) < 4.78 is 0. The van der Waals surface area contributed by atoms with Crippen LogP contribution in [0.15, 0.2) is 54.6 Å². The van der Waals surface area contributed by atoms with Gasteiger partial charge in [0.2, 0.25) is 5.91 Å². The van der Waals surface area contributed by atoms with E-state index >= 15 is 0 Å². The van der Waals surface area contributed by atoms with Crippen molar-refractivity contribution in [2.75, 3.05) is 18.4 Å². The second-order valence-electron chi connectivity index (χ2n) is 7.38. The van der Waals surface area contributed by atoms with E-state index in [0.717, 1.165) is 38.8 Å². The predicted octanol–water partition coefficient (Wildman–Crippen LogP) is 4.14. The molecule has 1 saturated heterocycles. The molecule has 32 heavy (non-hydrogen) atoms. The lowest BCUT2D eigenvalue weighted by Gasteiger charge is -2.22. The van der Waals surface area contributed by atoms with Crippen LogP contribution < -0.4 is 10.6 Å². The summed E-state index contributed by atoms with van der Waals surface area (Å²) in [5.74, 6) is -0.556. The molecule has 0 spiro atoms. The molecular formula is C23H24N4O4S. The number of likely N-dealkylation sites (tertiary alicyclic amines) is 1. The number of non-ortho nitro benzene ring substituents is 1. The summed E-state index contributed by atoms with van der Waals surface area (Å²) in [5.41, 5.74) is 1.48. The van der Waals surface area contributed by atoms with Crippen LogP contribution in [-0.4, -0.2) is 39.8 Å². The first-order chi connectivity index (χ1) is 15.4. The lowest BCUT2D eigenvalue weighted by atomic mass is 10.1. The molecule has 3 rings (SSSR count). The molecule has 1 aliphatic heterocycles. The highest BCUT2D eigenvalue weighted by atomic mass is 32.1. The van der Waals surface area contributed by atoms with Gasteiger partial charge < -0.3 is 10.2 Å². The number of benzene rings is 2. The predicted molar refractivity (Wildman–Crippen MR) is 127 cm³/mol. The molecule has 0 unspecified atom stereocenters. The van der Waals surface area contributed by atoms with Gasteiger partial charge >= 0.3 is 0 Å². The van der Waals surface area contributed by atoms with Crippen molar-refractivity contribution in [1.29, 1.82) is 0 Å². The van der Waals surface area contributed by atoms with Crippen molar-refractivity contribution >= 4 is 46.6 Å². The summed E-state index contributed by atoms with van der Waals surface area (Å²) >= 11 is 5.23.